The number of aromatic amines is 1. The van der Waals surface area contributed by atoms with Crippen LogP contribution in [0.5, 0.6) is 0 Å². The van der Waals surface area contributed by atoms with E-state index in [-0.39, 0.29) is 25.5 Å². The Labute approximate surface area is 210 Å². The number of hydrogen-bond donors (Lipinski definition) is 2. The summed E-state index contributed by atoms with van der Waals surface area (Å²) in [5, 5.41) is 17.1. The van der Waals surface area contributed by atoms with Gasteiger partial charge in [0.1, 0.15) is 5.56 Å². The van der Waals surface area contributed by atoms with E-state index in [1.54, 1.807) is 29.3 Å². The molecule has 1 saturated carbocycles. The minimum absolute atomic E-state index is 0.0333. The van der Waals surface area contributed by atoms with Gasteiger partial charge in [0.25, 0.3) is 5.56 Å². The number of H-pyrrole nitrogens is 1. The van der Waals surface area contributed by atoms with Crippen LogP contribution in [0.25, 0.3) is 0 Å². The lowest BCUT2D eigenvalue weighted by molar-refractivity contribution is -0.138. The molecule has 0 bridgehead atoms. The number of alkyl halides is 3. The first kappa shape index (κ1) is 26.3. The number of ether oxygens (including phenoxy) is 1. The van der Waals surface area contributed by atoms with Crippen molar-refractivity contribution in [3.63, 3.8) is 0 Å². The van der Waals surface area contributed by atoms with Crippen molar-refractivity contribution in [2.75, 3.05) is 49.6 Å². The molecule has 1 saturated heterocycles. The molecule has 2 aromatic rings. The van der Waals surface area contributed by atoms with E-state index in [2.05, 4.69) is 26.5 Å². The number of rotatable bonds is 9. The third-order valence-electron chi connectivity index (χ3n) is 6.44. The molecule has 37 heavy (non-hydrogen) atoms. The largest absolute Gasteiger partial charge is 0.423 e. The Kier molecular flexibility index (Phi) is 7.63. The van der Waals surface area contributed by atoms with Crippen molar-refractivity contribution in [3.8, 4) is 6.07 Å². The number of halogens is 3. The van der Waals surface area contributed by atoms with Crippen LogP contribution in [0.15, 0.2) is 23.4 Å². The van der Waals surface area contributed by atoms with Crippen LogP contribution >= 0.6 is 0 Å². The minimum Gasteiger partial charge on any atom is -0.379 e. The lowest BCUT2D eigenvalue weighted by Crippen LogP contribution is -2.49. The van der Waals surface area contributed by atoms with Crippen LogP contribution in [-0.2, 0) is 21.1 Å². The third kappa shape index (κ3) is 6.16. The van der Waals surface area contributed by atoms with Gasteiger partial charge in [-0.3, -0.25) is 9.59 Å². The molecule has 4 rings (SSSR count). The second-order valence-corrected chi connectivity index (χ2v) is 9.19. The Balaban J connectivity index is 1.17. The van der Waals surface area contributed by atoms with Gasteiger partial charge in [0.2, 0.25) is 11.9 Å². The number of carbonyl (C=O) groups is 1. The summed E-state index contributed by atoms with van der Waals surface area (Å²) in [6.45, 7) is 3.88. The Hall–Kier alpha value is -3.73. The molecule has 0 spiro atoms. The van der Waals surface area contributed by atoms with E-state index in [1.165, 1.54) is 0 Å². The van der Waals surface area contributed by atoms with Crippen LogP contribution in [-0.4, -0.2) is 76.4 Å². The van der Waals surface area contributed by atoms with Crippen molar-refractivity contribution in [3.05, 3.63) is 40.1 Å². The van der Waals surface area contributed by atoms with Crippen molar-refractivity contribution in [1.29, 1.82) is 5.26 Å². The highest BCUT2D eigenvalue weighted by atomic mass is 19.4. The summed E-state index contributed by atoms with van der Waals surface area (Å²) < 4.78 is 44.9. The first-order valence-electron chi connectivity index (χ1n) is 11.9. The maximum Gasteiger partial charge on any atom is 0.423 e. The van der Waals surface area contributed by atoms with Crippen LogP contribution in [0.1, 0.15) is 37.3 Å². The zero-order valence-corrected chi connectivity index (χ0v) is 20.2. The van der Waals surface area contributed by atoms with Crippen LogP contribution in [0, 0.1) is 11.3 Å². The van der Waals surface area contributed by atoms with Gasteiger partial charge < -0.3 is 19.9 Å². The van der Waals surface area contributed by atoms with Crippen molar-refractivity contribution in [1.82, 2.24) is 25.1 Å². The maximum absolute atomic E-state index is 13.1. The topological polar surface area (TPSA) is 140 Å². The average Bonchev–Trinajstić information content (AvgIpc) is 3.67. The number of hydrogen-bond acceptors (Lipinski definition) is 9. The van der Waals surface area contributed by atoms with Gasteiger partial charge >= 0.3 is 6.18 Å². The number of nitrogens with zero attached hydrogens (tertiary/aromatic N) is 6. The highest BCUT2D eigenvalue weighted by Gasteiger charge is 2.45. The summed E-state index contributed by atoms with van der Waals surface area (Å²) in [6.07, 6.45) is 1.28. The molecule has 3 heterocycles. The number of nitriles is 1. The zero-order valence-electron chi connectivity index (χ0n) is 20.2. The molecular formula is C23H27F3N8O3. The van der Waals surface area contributed by atoms with Crippen LogP contribution in [0.3, 0.4) is 0 Å². The van der Waals surface area contributed by atoms with E-state index >= 15 is 0 Å². The highest BCUT2D eigenvalue weighted by molar-refractivity contribution is 5.76. The predicted octanol–water partition coefficient (Wildman–Crippen LogP) is 1.69. The molecular weight excluding hydrogens is 493 g/mol. The number of piperazine rings is 1. The van der Waals surface area contributed by atoms with E-state index < -0.39 is 34.4 Å². The molecule has 2 N–H and O–H groups in total. The molecule has 2 aliphatic rings. The molecule has 2 fully saturated rings. The van der Waals surface area contributed by atoms with E-state index in [4.69, 9.17) is 4.74 Å². The second-order valence-electron chi connectivity index (χ2n) is 9.19. The van der Waals surface area contributed by atoms with Gasteiger partial charge in [0.15, 0.2) is 0 Å². The number of aromatic nitrogens is 4. The van der Waals surface area contributed by atoms with Crippen molar-refractivity contribution >= 4 is 17.5 Å². The number of carbonyl (C=O) groups excluding carboxylic acids is 1. The summed E-state index contributed by atoms with van der Waals surface area (Å²) in [5.41, 5.74) is -2.70. The quantitative estimate of drug-likeness (QED) is 0.473. The molecule has 2 aromatic heterocycles. The van der Waals surface area contributed by atoms with Crippen molar-refractivity contribution in [2.45, 2.75) is 43.8 Å². The predicted molar refractivity (Wildman–Crippen MR) is 126 cm³/mol. The van der Waals surface area contributed by atoms with Gasteiger partial charge in [0, 0.05) is 50.2 Å². The molecule has 11 nitrogen and oxygen atoms in total. The molecule has 1 atom stereocenters. The molecule has 0 aromatic carbocycles. The number of nitrogens with one attached hydrogen (secondary N) is 2. The van der Waals surface area contributed by atoms with E-state index in [1.807, 2.05) is 4.90 Å². The second kappa shape index (κ2) is 10.7. The van der Waals surface area contributed by atoms with Crippen LogP contribution in [0.4, 0.5) is 24.8 Å². The zero-order chi connectivity index (χ0) is 26.6. The molecule has 198 valence electrons. The minimum atomic E-state index is -4.83. The summed E-state index contributed by atoms with van der Waals surface area (Å²) in [6, 6.07) is 1.77. The van der Waals surface area contributed by atoms with Gasteiger partial charge in [-0.1, -0.05) is 0 Å². The van der Waals surface area contributed by atoms with Gasteiger partial charge in [-0.15, -0.1) is 0 Å². The first-order chi connectivity index (χ1) is 17.6. The fourth-order valence-corrected chi connectivity index (χ4v) is 4.15. The molecule has 1 amide bonds. The van der Waals surface area contributed by atoms with Gasteiger partial charge in [-0.2, -0.15) is 23.5 Å². The highest BCUT2D eigenvalue weighted by Crippen LogP contribution is 2.47. The Morgan fingerprint density at radius 1 is 1.24 bits per heavy atom. The van der Waals surface area contributed by atoms with Gasteiger partial charge in [0.05, 0.1) is 43.0 Å². The third-order valence-corrected chi connectivity index (χ3v) is 6.44. The first-order valence-corrected chi connectivity index (χ1v) is 11.9. The lowest BCUT2D eigenvalue weighted by Gasteiger charge is -2.34. The lowest BCUT2D eigenvalue weighted by atomic mass is 10.0. The summed E-state index contributed by atoms with van der Waals surface area (Å²) in [4.78, 5) is 36.6. The standard InChI is InChI=1S/C23H27F3N8O3/c1-15(31-17-12-30-32-20(36)19(17)23(24,25)26)13-37-9-2-18(35)33-5-7-34(8-6-33)21-28-10-16(11-29-21)22(14-27)3-4-22/h10-12,15H,2-9,13H2,1H3,(H2,31,32,36). The SMILES string of the molecule is CC(COCCC(=O)N1CCN(c2ncc(C3(C#N)CC3)cn2)CC1)Nc1cn[nH]c(=O)c1C(F)(F)F. The normalized spacial score (nSPS) is 17.7. The molecule has 0 radical (unpaired) electrons. The fraction of sp³-hybridized carbons (Fsp3) is 0.565. The average molecular weight is 521 g/mol. The molecule has 14 heteroatoms. The summed E-state index contributed by atoms with van der Waals surface area (Å²) in [7, 11) is 0. The Bertz CT molecular complexity index is 1200. The van der Waals surface area contributed by atoms with Gasteiger partial charge in [-0.25, -0.2) is 15.1 Å². The maximum atomic E-state index is 13.1. The van der Waals surface area contributed by atoms with Crippen molar-refractivity contribution in [2.24, 2.45) is 0 Å². The van der Waals surface area contributed by atoms with Crippen LogP contribution < -0.4 is 15.8 Å². The number of amides is 1. The summed E-state index contributed by atoms with van der Waals surface area (Å²) in [5.74, 6) is 0.484. The molecule has 1 unspecified atom stereocenters. The Morgan fingerprint density at radius 3 is 2.51 bits per heavy atom. The van der Waals surface area contributed by atoms with Crippen molar-refractivity contribution < 1.29 is 22.7 Å². The number of anilines is 2. The fourth-order valence-electron chi connectivity index (χ4n) is 4.15. The smallest absolute Gasteiger partial charge is 0.379 e. The van der Waals surface area contributed by atoms with E-state index in [0.29, 0.717) is 32.1 Å². The van der Waals surface area contributed by atoms with Crippen LogP contribution in [0.2, 0.25) is 0 Å². The van der Waals surface area contributed by atoms with E-state index in [9.17, 15) is 28.0 Å². The molecule has 1 aliphatic heterocycles. The Morgan fingerprint density at radius 2 is 1.92 bits per heavy atom. The van der Waals surface area contributed by atoms with Gasteiger partial charge in [-0.05, 0) is 19.8 Å². The summed E-state index contributed by atoms with van der Waals surface area (Å²) >= 11 is 0. The monoisotopic (exact) mass is 520 g/mol. The molecule has 1 aliphatic carbocycles. The van der Waals surface area contributed by atoms with E-state index in [0.717, 1.165) is 24.6 Å².